The number of aryl methyl sites for hydroxylation is 2. The van der Waals surface area contributed by atoms with Gasteiger partial charge >= 0.3 is 0 Å². The summed E-state index contributed by atoms with van der Waals surface area (Å²) in [6.45, 7) is 3.88. The van der Waals surface area contributed by atoms with E-state index >= 15 is 0 Å². The molecule has 1 unspecified atom stereocenters. The van der Waals surface area contributed by atoms with Crippen LogP contribution >= 0.6 is 11.6 Å². The van der Waals surface area contributed by atoms with Crippen molar-refractivity contribution in [1.82, 2.24) is 9.78 Å². The van der Waals surface area contributed by atoms with Crippen LogP contribution in [0, 0.1) is 17.0 Å². The molecule has 1 atom stereocenters. The number of nitrogens with zero attached hydrogens (tertiary/aromatic N) is 3. The summed E-state index contributed by atoms with van der Waals surface area (Å²) in [6, 6.07) is 4.28. The number of rotatable bonds is 4. The highest BCUT2D eigenvalue weighted by atomic mass is 35.5. The highest BCUT2D eigenvalue weighted by molar-refractivity contribution is 6.33. The van der Waals surface area contributed by atoms with E-state index in [2.05, 4.69) is 10.4 Å². The van der Waals surface area contributed by atoms with E-state index in [9.17, 15) is 10.1 Å². The molecule has 0 aliphatic rings. The van der Waals surface area contributed by atoms with Crippen molar-refractivity contribution in [3.63, 3.8) is 0 Å². The van der Waals surface area contributed by atoms with Gasteiger partial charge in [0.2, 0.25) is 0 Å². The summed E-state index contributed by atoms with van der Waals surface area (Å²) in [5.74, 6) is 0. The summed E-state index contributed by atoms with van der Waals surface area (Å²) in [5, 5.41) is 18.7. The smallest absolute Gasteiger partial charge is 0.271 e. The largest absolute Gasteiger partial charge is 0.377 e. The second-order valence-electron chi connectivity index (χ2n) is 4.63. The Labute approximate surface area is 121 Å². The van der Waals surface area contributed by atoms with Gasteiger partial charge in [0.05, 0.1) is 27.4 Å². The molecule has 1 aromatic carbocycles. The minimum absolute atomic E-state index is 0.00649. The Kier molecular flexibility index (Phi) is 3.94. The highest BCUT2D eigenvalue weighted by Gasteiger charge is 2.15. The van der Waals surface area contributed by atoms with Gasteiger partial charge in [-0.25, -0.2) is 0 Å². The number of nitro groups is 1. The van der Waals surface area contributed by atoms with Crippen LogP contribution in [0.5, 0.6) is 0 Å². The molecule has 20 heavy (non-hydrogen) atoms. The Hall–Kier alpha value is -2.08. The molecule has 2 aromatic rings. The molecular weight excluding hydrogens is 280 g/mol. The fourth-order valence-electron chi connectivity index (χ4n) is 2.09. The maximum absolute atomic E-state index is 10.8. The van der Waals surface area contributed by atoms with E-state index in [1.54, 1.807) is 4.68 Å². The van der Waals surface area contributed by atoms with E-state index in [0.717, 1.165) is 11.3 Å². The van der Waals surface area contributed by atoms with E-state index in [4.69, 9.17) is 11.6 Å². The van der Waals surface area contributed by atoms with Gasteiger partial charge in [-0.15, -0.1) is 0 Å². The van der Waals surface area contributed by atoms with Crippen LogP contribution in [0.2, 0.25) is 5.02 Å². The number of nitrogens with one attached hydrogen (secondary N) is 1. The van der Waals surface area contributed by atoms with E-state index in [-0.39, 0.29) is 11.7 Å². The zero-order valence-corrected chi connectivity index (χ0v) is 12.2. The molecule has 0 saturated carbocycles. The van der Waals surface area contributed by atoms with Gasteiger partial charge in [-0.2, -0.15) is 5.10 Å². The summed E-state index contributed by atoms with van der Waals surface area (Å²) >= 11 is 6.07. The van der Waals surface area contributed by atoms with Crippen molar-refractivity contribution in [1.29, 1.82) is 0 Å². The van der Waals surface area contributed by atoms with Crippen LogP contribution in [0.1, 0.15) is 24.2 Å². The second-order valence-corrected chi connectivity index (χ2v) is 5.04. The number of non-ortho nitro benzene ring substituents is 1. The molecule has 7 heteroatoms. The molecule has 1 N–H and O–H groups in total. The van der Waals surface area contributed by atoms with Crippen LogP contribution < -0.4 is 5.32 Å². The lowest BCUT2D eigenvalue weighted by Gasteiger charge is -2.15. The third-order valence-corrected chi connectivity index (χ3v) is 3.38. The lowest BCUT2D eigenvalue weighted by Crippen LogP contribution is -2.07. The molecule has 1 heterocycles. The normalized spacial score (nSPS) is 12.2. The van der Waals surface area contributed by atoms with Crippen molar-refractivity contribution in [3.05, 3.63) is 50.8 Å². The zero-order valence-electron chi connectivity index (χ0n) is 11.4. The quantitative estimate of drug-likeness (QED) is 0.692. The Morgan fingerprint density at radius 2 is 2.20 bits per heavy atom. The molecule has 0 radical (unpaired) electrons. The maximum atomic E-state index is 10.8. The number of halogens is 1. The minimum Gasteiger partial charge on any atom is -0.377 e. The third kappa shape index (κ3) is 2.91. The Morgan fingerprint density at radius 3 is 2.75 bits per heavy atom. The van der Waals surface area contributed by atoms with Crippen LogP contribution in [0.25, 0.3) is 0 Å². The SMILES string of the molecule is Cc1nn(C)cc1C(C)Nc1cc([N+](=O)[O-])ccc1Cl. The molecule has 1 aromatic heterocycles. The van der Waals surface area contributed by atoms with Gasteiger partial charge in [0.15, 0.2) is 0 Å². The first kappa shape index (κ1) is 14.3. The number of hydrogen-bond acceptors (Lipinski definition) is 4. The molecule has 2 rings (SSSR count). The first-order chi connectivity index (χ1) is 9.38. The first-order valence-corrected chi connectivity index (χ1v) is 6.47. The molecule has 6 nitrogen and oxygen atoms in total. The molecule has 0 amide bonds. The van der Waals surface area contributed by atoms with Crippen molar-refractivity contribution in [2.45, 2.75) is 19.9 Å². The number of anilines is 1. The summed E-state index contributed by atoms with van der Waals surface area (Å²) in [7, 11) is 1.85. The fourth-order valence-corrected chi connectivity index (χ4v) is 2.26. The lowest BCUT2D eigenvalue weighted by molar-refractivity contribution is -0.384. The lowest BCUT2D eigenvalue weighted by atomic mass is 10.1. The summed E-state index contributed by atoms with van der Waals surface area (Å²) in [6.07, 6.45) is 1.91. The first-order valence-electron chi connectivity index (χ1n) is 6.09. The highest BCUT2D eigenvalue weighted by Crippen LogP contribution is 2.30. The van der Waals surface area contributed by atoms with Crippen LogP contribution in [0.3, 0.4) is 0 Å². The van der Waals surface area contributed by atoms with E-state index < -0.39 is 4.92 Å². The Morgan fingerprint density at radius 1 is 1.50 bits per heavy atom. The zero-order chi connectivity index (χ0) is 14.9. The van der Waals surface area contributed by atoms with Crippen molar-refractivity contribution in [3.8, 4) is 0 Å². The number of hydrogen-bond donors (Lipinski definition) is 1. The Bertz CT molecular complexity index is 654. The van der Waals surface area contributed by atoms with E-state index in [1.807, 2.05) is 27.1 Å². The summed E-state index contributed by atoms with van der Waals surface area (Å²) in [4.78, 5) is 10.4. The van der Waals surface area contributed by atoms with E-state index in [1.165, 1.54) is 18.2 Å². The van der Waals surface area contributed by atoms with Crippen molar-refractivity contribution < 1.29 is 4.92 Å². The van der Waals surface area contributed by atoms with Gasteiger partial charge in [0, 0.05) is 30.9 Å². The molecule has 106 valence electrons. The predicted molar refractivity (Wildman–Crippen MR) is 78.1 cm³/mol. The van der Waals surface area contributed by atoms with Gasteiger partial charge < -0.3 is 5.32 Å². The predicted octanol–water partition coefficient (Wildman–Crippen LogP) is 3.46. The maximum Gasteiger partial charge on any atom is 0.271 e. The molecule has 0 fully saturated rings. The van der Waals surface area contributed by atoms with E-state index in [0.29, 0.717) is 10.7 Å². The summed E-state index contributed by atoms with van der Waals surface area (Å²) in [5.41, 5.74) is 2.48. The minimum atomic E-state index is -0.443. The number of aromatic nitrogens is 2. The molecular formula is C13H15ClN4O2. The molecule has 0 aliphatic carbocycles. The van der Waals surface area contributed by atoms with Crippen LogP contribution in [0.4, 0.5) is 11.4 Å². The second kappa shape index (κ2) is 5.50. The van der Waals surface area contributed by atoms with Gasteiger partial charge in [-0.3, -0.25) is 14.8 Å². The molecule has 0 bridgehead atoms. The van der Waals surface area contributed by atoms with Gasteiger partial charge in [-0.1, -0.05) is 11.6 Å². The van der Waals surface area contributed by atoms with Crippen LogP contribution in [-0.2, 0) is 7.05 Å². The third-order valence-electron chi connectivity index (χ3n) is 3.05. The van der Waals surface area contributed by atoms with Crippen molar-refractivity contribution in [2.75, 3.05) is 5.32 Å². The van der Waals surface area contributed by atoms with Crippen LogP contribution in [0.15, 0.2) is 24.4 Å². The molecule has 0 aliphatic heterocycles. The Balaban J connectivity index is 2.27. The van der Waals surface area contributed by atoms with Gasteiger partial charge in [0.25, 0.3) is 5.69 Å². The topological polar surface area (TPSA) is 73.0 Å². The number of nitro benzene ring substituents is 1. The van der Waals surface area contributed by atoms with Gasteiger partial charge in [0.1, 0.15) is 0 Å². The molecule has 0 saturated heterocycles. The standard InChI is InChI=1S/C13H15ClN4O2/c1-8(11-7-17(3)16-9(11)2)15-13-6-10(18(19)20)4-5-12(13)14/h4-8,15H,1-3H3. The monoisotopic (exact) mass is 294 g/mol. The fraction of sp³-hybridized carbons (Fsp3) is 0.308. The van der Waals surface area contributed by atoms with Crippen LogP contribution in [-0.4, -0.2) is 14.7 Å². The average molecular weight is 295 g/mol. The van der Waals surface area contributed by atoms with Gasteiger partial charge in [-0.05, 0) is 19.9 Å². The van der Waals surface area contributed by atoms with Crippen molar-refractivity contribution >= 4 is 23.0 Å². The summed E-state index contributed by atoms with van der Waals surface area (Å²) < 4.78 is 1.73. The average Bonchev–Trinajstić information content (AvgIpc) is 2.71. The molecule has 0 spiro atoms. The van der Waals surface area contributed by atoms with Crippen molar-refractivity contribution in [2.24, 2.45) is 7.05 Å². The number of benzene rings is 1.